The van der Waals surface area contributed by atoms with E-state index in [4.69, 9.17) is 11.6 Å². The lowest BCUT2D eigenvalue weighted by atomic mass is 10.0. The molecule has 0 aliphatic carbocycles. The van der Waals surface area contributed by atoms with E-state index in [1.165, 1.54) is 30.3 Å². The van der Waals surface area contributed by atoms with Gasteiger partial charge in [0.2, 0.25) is 0 Å². The van der Waals surface area contributed by atoms with E-state index >= 15 is 0 Å². The van der Waals surface area contributed by atoms with Crippen LogP contribution in [0.2, 0.25) is 5.02 Å². The van der Waals surface area contributed by atoms with Gasteiger partial charge in [0.05, 0.1) is 27.2 Å². The molecule has 0 aliphatic rings. The van der Waals surface area contributed by atoms with Crippen LogP contribution in [0.3, 0.4) is 0 Å². The van der Waals surface area contributed by atoms with E-state index < -0.39 is 29.2 Å². The lowest BCUT2D eigenvalue weighted by molar-refractivity contribution is -0.137. The molecule has 2 aromatic heterocycles. The highest BCUT2D eigenvalue weighted by Crippen LogP contribution is 2.37. The number of alkyl halides is 3. The van der Waals surface area contributed by atoms with Crippen LogP contribution in [-0.4, -0.2) is 31.7 Å². The van der Waals surface area contributed by atoms with E-state index in [0.717, 1.165) is 22.4 Å². The van der Waals surface area contributed by atoms with Gasteiger partial charge in [0.15, 0.2) is 0 Å². The van der Waals surface area contributed by atoms with E-state index in [2.05, 4.69) is 10.1 Å². The van der Waals surface area contributed by atoms with Crippen LogP contribution in [0.4, 0.5) is 13.2 Å². The fraction of sp³-hybridized carbons (Fsp3) is 0.0370. The average molecular weight is 522 g/mol. The molecule has 5 rings (SSSR count). The first-order chi connectivity index (χ1) is 17.6. The Morgan fingerprint density at radius 2 is 1.62 bits per heavy atom. The van der Waals surface area contributed by atoms with Crippen LogP contribution in [-0.2, 0) is 6.18 Å². The Balaban J connectivity index is 1.76. The number of hydrogen-bond donors (Lipinski definition) is 1. The summed E-state index contributed by atoms with van der Waals surface area (Å²) < 4.78 is 42.2. The summed E-state index contributed by atoms with van der Waals surface area (Å²) in [5, 5.41) is 13.7. The molecular formula is C27H15ClF3N3O3. The smallest absolute Gasteiger partial charge is 0.417 e. The molecule has 3 aromatic carbocycles. The first-order valence-corrected chi connectivity index (χ1v) is 11.2. The number of hydrogen-bond acceptors (Lipinski definition) is 4. The fourth-order valence-corrected chi connectivity index (χ4v) is 4.31. The van der Waals surface area contributed by atoms with Gasteiger partial charge in [0, 0.05) is 28.9 Å². The van der Waals surface area contributed by atoms with Crippen molar-refractivity contribution in [1.82, 2.24) is 14.8 Å². The summed E-state index contributed by atoms with van der Waals surface area (Å²) in [4.78, 5) is 29.0. The molecule has 6 nitrogen and oxygen atoms in total. The molecule has 1 N–H and O–H groups in total. The number of aromatic nitrogens is 3. The van der Waals surface area contributed by atoms with Crippen molar-refractivity contribution in [2.75, 3.05) is 0 Å². The van der Waals surface area contributed by atoms with Gasteiger partial charge in [-0.1, -0.05) is 41.9 Å². The highest BCUT2D eigenvalue weighted by atomic mass is 35.5. The predicted octanol–water partition coefficient (Wildman–Crippen LogP) is 6.82. The van der Waals surface area contributed by atoms with Crippen LogP contribution in [0.25, 0.3) is 33.3 Å². The molecule has 5 aromatic rings. The van der Waals surface area contributed by atoms with Crippen LogP contribution in [0.15, 0.2) is 85.2 Å². The van der Waals surface area contributed by atoms with Crippen LogP contribution in [0.1, 0.15) is 26.3 Å². The number of rotatable bonds is 4. The Kier molecular flexibility index (Phi) is 6.01. The molecule has 0 radical (unpaired) electrons. The van der Waals surface area contributed by atoms with Gasteiger partial charge >= 0.3 is 12.1 Å². The minimum Gasteiger partial charge on any atom is -0.478 e. The lowest BCUT2D eigenvalue weighted by Crippen LogP contribution is -2.20. The number of benzene rings is 3. The van der Waals surface area contributed by atoms with Gasteiger partial charge in [-0.2, -0.15) is 23.0 Å². The van der Waals surface area contributed by atoms with Gasteiger partial charge in [-0.25, -0.2) is 4.79 Å². The fourth-order valence-electron chi connectivity index (χ4n) is 4.05. The number of nitrogens with zero attached hydrogens (tertiary/aromatic N) is 3. The van der Waals surface area contributed by atoms with E-state index in [1.54, 1.807) is 42.7 Å². The lowest BCUT2D eigenvalue weighted by Gasteiger charge is -2.13. The Morgan fingerprint density at radius 3 is 2.27 bits per heavy atom. The van der Waals surface area contributed by atoms with E-state index in [-0.39, 0.29) is 16.1 Å². The standard InChI is InChI=1S/C27H15ClF3N3O3/c28-21-5-1-4-20(27(29,30)31)23(21)25(35)34-22-13-17(18-3-2-12-32-14-18)10-11-19(22)24(33-34)15-6-8-16(9-7-15)26(36)37/h1-14H,(H,36,37). The predicted molar refractivity (Wildman–Crippen MR) is 132 cm³/mol. The molecule has 0 saturated carbocycles. The monoisotopic (exact) mass is 521 g/mol. The second kappa shape index (κ2) is 9.18. The third-order valence-electron chi connectivity index (χ3n) is 5.81. The number of carboxylic acids is 1. The first-order valence-electron chi connectivity index (χ1n) is 10.8. The Hall–Kier alpha value is -4.50. The van der Waals surface area contributed by atoms with Crippen molar-refractivity contribution in [3.8, 4) is 22.4 Å². The molecule has 0 amide bonds. The summed E-state index contributed by atoms with van der Waals surface area (Å²) >= 11 is 6.10. The second-order valence-electron chi connectivity index (χ2n) is 8.08. The highest BCUT2D eigenvalue weighted by molar-refractivity contribution is 6.34. The summed E-state index contributed by atoms with van der Waals surface area (Å²) in [5.41, 5.74) is 0.558. The molecular weight excluding hydrogens is 507 g/mol. The minimum atomic E-state index is -4.82. The molecule has 0 atom stereocenters. The van der Waals surface area contributed by atoms with Crippen molar-refractivity contribution in [3.05, 3.63) is 107 Å². The summed E-state index contributed by atoms with van der Waals surface area (Å²) in [5.74, 6) is -2.17. The molecule has 0 spiro atoms. The largest absolute Gasteiger partial charge is 0.478 e. The number of carbonyl (C=O) groups excluding carboxylic acids is 1. The van der Waals surface area contributed by atoms with Crippen molar-refractivity contribution in [2.24, 2.45) is 0 Å². The zero-order valence-electron chi connectivity index (χ0n) is 18.7. The van der Waals surface area contributed by atoms with Gasteiger partial charge in [-0.15, -0.1) is 0 Å². The Labute approximate surface area is 212 Å². The molecule has 0 saturated heterocycles. The van der Waals surface area contributed by atoms with Gasteiger partial charge in [0.25, 0.3) is 5.91 Å². The molecule has 0 bridgehead atoms. The summed E-state index contributed by atoms with van der Waals surface area (Å²) in [7, 11) is 0. The maximum Gasteiger partial charge on any atom is 0.417 e. The van der Waals surface area contributed by atoms with E-state index in [0.29, 0.717) is 22.2 Å². The molecule has 0 aliphatic heterocycles. The third kappa shape index (κ3) is 4.45. The number of carboxylic acid groups (broad SMARTS) is 1. The molecule has 37 heavy (non-hydrogen) atoms. The summed E-state index contributed by atoms with van der Waals surface area (Å²) in [6, 6.07) is 17.6. The van der Waals surface area contributed by atoms with Crippen molar-refractivity contribution in [2.45, 2.75) is 6.18 Å². The maximum absolute atomic E-state index is 13.8. The first kappa shape index (κ1) is 24.2. The molecule has 0 fully saturated rings. The number of carbonyl (C=O) groups is 2. The SMILES string of the molecule is O=C(O)c1ccc(-c2nn(C(=O)c3c(Cl)cccc3C(F)(F)F)c3cc(-c4cccnc4)ccc23)cc1. The molecule has 0 unspecified atom stereocenters. The van der Waals surface area contributed by atoms with E-state index in [9.17, 15) is 27.9 Å². The third-order valence-corrected chi connectivity index (χ3v) is 6.12. The number of fused-ring (bicyclic) bond motifs is 1. The number of aromatic carboxylic acids is 1. The number of pyridine rings is 1. The van der Waals surface area contributed by atoms with Crippen LogP contribution in [0, 0.1) is 0 Å². The van der Waals surface area contributed by atoms with Crippen molar-refractivity contribution < 1.29 is 27.9 Å². The van der Waals surface area contributed by atoms with Crippen LogP contribution in [0.5, 0.6) is 0 Å². The molecule has 184 valence electrons. The van der Waals surface area contributed by atoms with E-state index in [1.807, 2.05) is 0 Å². The summed E-state index contributed by atoms with van der Waals surface area (Å²) in [6.45, 7) is 0. The topological polar surface area (TPSA) is 85.1 Å². The van der Waals surface area contributed by atoms with Crippen molar-refractivity contribution >= 4 is 34.4 Å². The Bertz CT molecular complexity index is 1660. The number of halogens is 4. The highest BCUT2D eigenvalue weighted by Gasteiger charge is 2.37. The van der Waals surface area contributed by atoms with Crippen molar-refractivity contribution in [3.63, 3.8) is 0 Å². The van der Waals surface area contributed by atoms with Gasteiger partial charge in [-0.3, -0.25) is 9.78 Å². The van der Waals surface area contributed by atoms with Gasteiger partial charge < -0.3 is 5.11 Å². The van der Waals surface area contributed by atoms with Gasteiger partial charge in [0.1, 0.15) is 5.69 Å². The second-order valence-corrected chi connectivity index (χ2v) is 8.49. The minimum absolute atomic E-state index is 0.0494. The molecule has 10 heteroatoms. The normalized spacial score (nSPS) is 11.6. The van der Waals surface area contributed by atoms with Crippen LogP contribution < -0.4 is 0 Å². The zero-order chi connectivity index (χ0) is 26.3. The van der Waals surface area contributed by atoms with Gasteiger partial charge in [-0.05, 0) is 48.0 Å². The van der Waals surface area contributed by atoms with Crippen molar-refractivity contribution in [1.29, 1.82) is 0 Å². The summed E-state index contributed by atoms with van der Waals surface area (Å²) in [6.07, 6.45) is -1.61. The zero-order valence-corrected chi connectivity index (χ0v) is 19.5. The average Bonchev–Trinajstić information content (AvgIpc) is 3.27. The molecule has 2 heterocycles. The maximum atomic E-state index is 13.8. The quantitative estimate of drug-likeness (QED) is 0.280. The van der Waals surface area contributed by atoms with Crippen LogP contribution >= 0.6 is 11.6 Å². The Morgan fingerprint density at radius 1 is 0.892 bits per heavy atom.